The fourth-order valence-electron chi connectivity index (χ4n) is 3.97. The van der Waals surface area contributed by atoms with E-state index in [1.165, 1.54) is 4.31 Å². The highest BCUT2D eigenvalue weighted by molar-refractivity contribution is 7.89. The van der Waals surface area contributed by atoms with Gasteiger partial charge in [0.15, 0.2) is 11.5 Å². The van der Waals surface area contributed by atoms with Gasteiger partial charge >= 0.3 is 0 Å². The first-order chi connectivity index (χ1) is 15.4. The quantitative estimate of drug-likeness (QED) is 0.712. The number of nitrogens with zero attached hydrogens (tertiary/aromatic N) is 1. The van der Waals surface area contributed by atoms with Gasteiger partial charge in [-0.3, -0.25) is 4.79 Å². The van der Waals surface area contributed by atoms with Gasteiger partial charge in [0.2, 0.25) is 15.9 Å². The first-order valence-corrected chi connectivity index (χ1v) is 12.3. The second kappa shape index (κ2) is 9.38. The molecule has 4 rings (SSSR count). The van der Waals surface area contributed by atoms with Crippen LogP contribution in [0.5, 0.6) is 17.2 Å². The number of nitrogens with one attached hydrogen (secondary N) is 1. The highest BCUT2D eigenvalue weighted by atomic mass is 32.2. The lowest BCUT2D eigenvalue weighted by molar-refractivity contribution is -0.120. The van der Waals surface area contributed by atoms with Crippen molar-refractivity contribution in [1.29, 1.82) is 0 Å². The molecule has 2 aliphatic rings. The molecule has 2 aromatic carbocycles. The molecule has 32 heavy (non-hydrogen) atoms. The van der Waals surface area contributed by atoms with Gasteiger partial charge in [0.05, 0.1) is 11.5 Å². The van der Waals surface area contributed by atoms with Gasteiger partial charge in [-0.1, -0.05) is 0 Å². The van der Waals surface area contributed by atoms with E-state index in [0.717, 1.165) is 5.56 Å². The molecule has 9 heteroatoms. The van der Waals surface area contributed by atoms with E-state index >= 15 is 0 Å². The van der Waals surface area contributed by atoms with Crippen LogP contribution in [-0.4, -0.2) is 51.5 Å². The fourth-order valence-corrected chi connectivity index (χ4v) is 5.53. The molecule has 8 nitrogen and oxygen atoms in total. The molecule has 0 unspecified atom stereocenters. The summed E-state index contributed by atoms with van der Waals surface area (Å²) in [6.45, 7) is 5.83. The second-order valence-electron chi connectivity index (χ2n) is 7.89. The SMILES string of the molecule is CCOc1ccc(S(=O)(=O)N2CCC(C(=O)Nc3ccc4c(c3)OCCO4)CC2)cc1C. The van der Waals surface area contributed by atoms with Crippen molar-refractivity contribution in [3.8, 4) is 17.2 Å². The van der Waals surface area contributed by atoms with E-state index < -0.39 is 10.0 Å². The van der Waals surface area contributed by atoms with Gasteiger partial charge in [-0.05, 0) is 62.6 Å². The lowest BCUT2D eigenvalue weighted by Gasteiger charge is -2.30. The van der Waals surface area contributed by atoms with Crippen molar-refractivity contribution in [3.05, 3.63) is 42.0 Å². The van der Waals surface area contributed by atoms with Gasteiger partial charge in [-0.2, -0.15) is 4.31 Å². The van der Waals surface area contributed by atoms with Crippen LogP contribution in [-0.2, 0) is 14.8 Å². The summed E-state index contributed by atoms with van der Waals surface area (Å²) in [7, 11) is -3.62. The number of carbonyl (C=O) groups is 1. The summed E-state index contributed by atoms with van der Waals surface area (Å²) in [6.07, 6.45) is 0.928. The average Bonchev–Trinajstić information content (AvgIpc) is 2.80. The number of amides is 1. The van der Waals surface area contributed by atoms with E-state index in [-0.39, 0.29) is 16.7 Å². The van der Waals surface area contributed by atoms with Crippen molar-refractivity contribution in [2.75, 3.05) is 38.2 Å². The Morgan fingerprint density at radius 3 is 2.50 bits per heavy atom. The standard InChI is InChI=1S/C23H28N2O6S/c1-3-29-20-7-5-19(14-16(20)2)32(27,28)25-10-8-17(9-11-25)23(26)24-18-4-6-21-22(15-18)31-13-12-30-21/h4-7,14-15,17H,3,8-13H2,1-2H3,(H,24,26). The molecule has 2 aromatic rings. The Morgan fingerprint density at radius 2 is 1.81 bits per heavy atom. The van der Waals surface area contributed by atoms with Gasteiger partial charge in [0.25, 0.3) is 0 Å². The molecule has 1 saturated heterocycles. The van der Waals surface area contributed by atoms with Crippen LogP contribution in [0.25, 0.3) is 0 Å². The minimum atomic E-state index is -3.62. The fraction of sp³-hybridized carbons (Fsp3) is 0.435. The Labute approximate surface area is 188 Å². The Balaban J connectivity index is 1.37. The van der Waals surface area contributed by atoms with Gasteiger partial charge in [-0.25, -0.2) is 8.42 Å². The van der Waals surface area contributed by atoms with Crippen molar-refractivity contribution < 1.29 is 27.4 Å². The topological polar surface area (TPSA) is 94.2 Å². The monoisotopic (exact) mass is 460 g/mol. The smallest absolute Gasteiger partial charge is 0.243 e. The summed E-state index contributed by atoms with van der Waals surface area (Å²) in [4.78, 5) is 13.0. The van der Waals surface area contributed by atoms with E-state index in [9.17, 15) is 13.2 Å². The third-order valence-corrected chi connectivity index (χ3v) is 7.61. The Morgan fingerprint density at radius 1 is 1.09 bits per heavy atom. The Kier molecular flexibility index (Phi) is 6.57. The molecule has 1 N–H and O–H groups in total. The highest BCUT2D eigenvalue weighted by Gasteiger charge is 2.32. The number of aryl methyl sites for hydroxylation is 1. The molecular weight excluding hydrogens is 432 g/mol. The largest absolute Gasteiger partial charge is 0.494 e. The van der Waals surface area contributed by atoms with Crippen LogP contribution in [0.4, 0.5) is 5.69 Å². The minimum Gasteiger partial charge on any atom is -0.494 e. The molecular formula is C23H28N2O6S. The van der Waals surface area contributed by atoms with Crippen LogP contribution in [0.3, 0.4) is 0 Å². The molecule has 0 saturated carbocycles. The molecule has 0 bridgehead atoms. The zero-order valence-corrected chi connectivity index (χ0v) is 19.1. The number of rotatable bonds is 6. The highest BCUT2D eigenvalue weighted by Crippen LogP contribution is 2.33. The minimum absolute atomic E-state index is 0.115. The first-order valence-electron chi connectivity index (χ1n) is 10.8. The van der Waals surface area contributed by atoms with E-state index in [2.05, 4.69) is 5.32 Å². The maximum Gasteiger partial charge on any atom is 0.243 e. The number of fused-ring (bicyclic) bond motifs is 1. The zero-order chi connectivity index (χ0) is 22.7. The molecule has 0 radical (unpaired) electrons. The van der Waals surface area contributed by atoms with E-state index in [4.69, 9.17) is 14.2 Å². The predicted octanol–water partition coefficient (Wildman–Crippen LogP) is 3.20. The molecule has 2 heterocycles. The molecule has 0 atom stereocenters. The number of carbonyl (C=O) groups excluding carboxylic acids is 1. The van der Waals surface area contributed by atoms with Gasteiger partial charge in [0, 0.05) is 30.8 Å². The van der Waals surface area contributed by atoms with E-state index in [1.807, 2.05) is 13.8 Å². The zero-order valence-electron chi connectivity index (χ0n) is 18.3. The number of piperidine rings is 1. The lowest BCUT2D eigenvalue weighted by atomic mass is 9.97. The van der Waals surface area contributed by atoms with Crippen molar-refractivity contribution in [1.82, 2.24) is 4.31 Å². The van der Waals surface area contributed by atoms with Crippen molar-refractivity contribution in [2.24, 2.45) is 5.92 Å². The number of ether oxygens (including phenoxy) is 3. The van der Waals surface area contributed by atoms with Crippen LogP contribution >= 0.6 is 0 Å². The molecule has 0 aliphatic carbocycles. The van der Waals surface area contributed by atoms with Gasteiger partial charge in [0.1, 0.15) is 19.0 Å². The maximum absolute atomic E-state index is 13.1. The maximum atomic E-state index is 13.1. The third-order valence-electron chi connectivity index (χ3n) is 5.72. The molecule has 1 fully saturated rings. The summed E-state index contributed by atoms with van der Waals surface area (Å²) in [5, 5.41) is 2.92. The first kappa shape index (κ1) is 22.4. The summed E-state index contributed by atoms with van der Waals surface area (Å²) < 4.78 is 44.2. The molecule has 2 aliphatic heterocycles. The summed E-state index contributed by atoms with van der Waals surface area (Å²) in [5.74, 6) is 1.59. The van der Waals surface area contributed by atoms with Crippen LogP contribution < -0.4 is 19.5 Å². The van der Waals surface area contributed by atoms with Crippen LogP contribution in [0.2, 0.25) is 0 Å². The van der Waals surface area contributed by atoms with Crippen molar-refractivity contribution in [2.45, 2.75) is 31.6 Å². The Bertz CT molecular complexity index is 1090. The number of benzene rings is 2. The summed E-state index contributed by atoms with van der Waals surface area (Å²) in [5.41, 5.74) is 1.42. The van der Waals surface area contributed by atoms with Crippen molar-refractivity contribution >= 4 is 21.6 Å². The van der Waals surface area contributed by atoms with Crippen LogP contribution in [0.1, 0.15) is 25.3 Å². The number of sulfonamides is 1. The predicted molar refractivity (Wildman–Crippen MR) is 120 cm³/mol. The van der Waals surface area contributed by atoms with Gasteiger partial charge < -0.3 is 19.5 Å². The summed E-state index contributed by atoms with van der Waals surface area (Å²) in [6, 6.07) is 10.2. The van der Waals surface area contributed by atoms with E-state index in [1.54, 1.807) is 36.4 Å². The average molecular weight is 461 g/mol. The molecule has 0 aromatic heterocycles. The second-order valence-corrected chi connectivity index (χ2v) is 9.82. The molecule has 1 amide bonds. The number of hydrogen-bond acceptors (Lipinski definition) is 6. The summed E-state index contributed by atoms with van der Waals surface area (Å²) >= 11 is 0. The lowest BCUT2D eigenvalue weighted by Crippen LogP contribution is -2.41. The van der Waals surface area contributed by atoms with E-state index in [0.29, 0.717) is 68.7 Å². The molecule has 0 spiro atoms. The van der Waals surface area contributed by atoms with Crippen molar-refractivity contribution in [3.63, 3.8) is 0 Å². The van der Waals surface area contributed by atoms with Gasteiger partial charge in [-0.15, -0.1) is 0 Å². The normalized spacial score (nSPS) is 17.1. The van der Waals surface area contributed by atoms with Crippen LogP contribution in [0, 0.1) is 12.8 Å². The third kappa shape index (κ3) is 4.68. The molecule has 172 valence electrons. The Hall–Kier alpha value is -2.78. The number of anilines is 1. The van der Waals surface area contributed by atoms with Crippen LogP contribution in [0.15, 0.2) is 41.3 Å². The number of hydrogen-bond donors (Lipinski definition) is 1.